The summed E-state index contributed by atoms with van der Waals surface area (Å²) in [5.74, 6) is -0.295. The van der Waals surface area contributed by atoms with Gasteiger partial charge < -0.3 is 48.2 Å². The molecule has 4 aromatic heterocycles. The van der Waals surface area contributed by atoms with E-state index in [2.05, 4.69) is 30.7 Å². The summed E-state index contributed by atoms with van der Waals surface area (Å²) >= 11 is 5.31. The minimum atomic E-state index is -1.73. The number of imide groups is 2. The van der Waals surface area contributed by atoms with Crippen molar-refractivity contribution in [2.75, 3.05) is 67.3 Å². The number of urea groups is 2. The molecule has 24 nitrogen and oxygen atoms in total. The van der Waals surface area contributed by atoms with E-state index in [1.54, 1.807) is 100 Å². The van der Waals surface area contributed by atoms with Crippen molar-refractivity contribution in [2.24, 2.45) is 0 Å². The lowest BCUT2D eigenvalue weighted by Gasteiger charge is -2.30. The Morgan fingerprint density at radius 2 is 1.19 bits per heavy atom. The van der Waals surface area contributed by atoms with E-state index in [0.717, 1.165) is 20.9 Å². The highest BCUT2D eigenvalue weighted by Gasteiger charge is 2.57. The van der Waals surface area contributed by atoms with Gasteiger partial charge in [0, 0.05) is 73.9 Å². The average Bonchev–Trinajstić information content (AvgIpc) is 4.27. The molecule has 2 saturated heterocycles. The summed E-state index contributed by atoms with van der Waals surface area (Å²) in [6, 6.07) is 15.9. The number of rotatable bonds is 13. The summed E-state index contributed by atoms with van der Waals surface area (Å²) in [4.78, 5) is 115. The van der Waals surface area contributed by atoms with E-state index in [1.807, 2.05) is 6.07 Å². The fourth-order valence-electron chi connectivity index (χ4n) is 8.70. The van der Waals surface area contributed by atoms with E-state index < -0.39 is 41.0 Å². The fraction of sp³-hybridized carbons (Fsp3) is 0.320. The number of hydrogen-bond acceptors (Lipinski definition) is 16. The Morgan fingerprint density at radius 3 is 1.64 bits per heavy atom. The molecule has 0 aliphatic carbocycles. The molecule has 2 fully saturated rings. The van der Waals surface area contributed by atoms with E-state index in [-0.39, 0.29) is 68.3 Å². The van der Waals surface area contributed by atoms with Crippen LogP contribution >= 0.6 is 11.6 Å². The summed E-state index contributed by atoms with van der Waals surface area (Å²) in [5.41, 5.74) is 0.302. The number of aromatic nitrogens is 2. The Bertz CT molecular complexity index is 3170. The van der Waals surface area contributed by atoms with Crippen molar-refractivity contribution in [3.8, 4) is 11.5 Å². The van der Waals surface area contributed by atoms with Crippen molar-refractivity contribution >= 4 is 81.4 Å². The highest BCUT2D eigenvalue weighted by molar-refractivity contribution is 6.18. The van der Waals surface area contributed by atoms with E-state index in [4.69, 9.17) is 34.6 Å². The molecule has 0 saturated carbocycles. The lowest BCUT2D eigenvalue weighted by Crippen LogP contribution is -2.53. The molecule has 4 aliphatic rings. The largest absolute Gasteiger partial charge is 0.497 e. The Hall–Kier alpha value is -8.93. The van der Waals surface area contributed by atoms with Gasteiger partial charge in [-0.15, -0.1) is 11.6 Å². The number of carbonyl (C=O) groups excluding carboxylic acids is 8. The van der Waals surface area contributed by atoms with Crippen LogP contribution in [-0.4, -0.2) is 150 Å². The van der Waals surface area contributed by atoms with Crippen LogP contribution in [0.1, 0.15) is 57.2 Å². The molecule has 25 heteroatoms. The van der Waals surface area contributed by atoms with Crippen molar-refractivity contribution in [2.45, 2.75) is 38.0 Å². The lowest BCUT2D eigenvalue weighted by molar-refractivity contribution is -0.133. The van der Waals surface area contributed by atoms with Crippen LogP contribution in [0.2, 0.25) is 0 Å². The Balaban J connectivity index is 0.000000175. The number of nitrogens with one attached hydrogen (secondary N) is 3. The summed E-state index contributed by atoms with van der Waals surface area (Å²) < 4.78 is 31.9. The quantitative estimate of drug-likeness (QED) is 0.0772. The first-order valence-electron chi connectivity index (χ1n) is 23.2. The van der Waals surface area contributed by atoms with E-state index in [9.17, 15) is 38.4 Å². The van der Waals surface area contributed by atoms with E-state index >= 15 is 0 Å². The second-order valence-electron chi connectivity index (χ2n) is 17.4. The zero-order valence-electron chi connectivity index (χ0n) is 41.5. The SMILES string of the molecule is CCOC(=O)N(C)CCl.CCOC(=O)N(C)CN1C(=O)N[C@@](CN2Cc3ccc(OC)cc3C2=O)(c2cc3cnccc3o2)C1=O.COc1ccc2c(c1)C(=O)N(C[C@@]1(c3cc4cnccc4o3)NC(=O)NC1=O)C2. The summed E-state index contributed by atoms with van der Waals surface area (Å²) in [6.07, 6.45) is 5.23. The molecule has 75 heavy (non-hydrogen) atoms. The highest BCUT2D eigenvalue weighted by atomic mass is 35.5. The normalized spacial score (nSPS) is 18.4. The first-order valence-corrected chi connectivity index (χ1v) is 23.7. The molecule has 0 bridgehead atoms. The molecule has 0 unspecified atom stereocenters. The Morgan fingerprint density at radius 1 is 0.693 bits per heavy atom. The first-order chi connectivity index (χ1) is 36.0. The second kappa shape index (κ2) is 21.7. The number of methoxy groups -OCH3 is 2. The predicted octanol–water partition coefficient (Wildman–Crippen LogP) is 5.08. The fourth-order valence-corrected chi connectivity index (χ4v) is 8.80. The number of fused-ring (bicyclic) bond motifs is 4. The van der Waals surface area contributed by atoms with Gasteiger partial charge in [-0.25, -0.2) is 24.1 Å². The average molecular weight is 1050 g/mol. The summed E-state index contributed by atoms with van der Waals surface area (Å²) in [6.45, 7) is 3.86. The number of benzene rings is 2. The van der Waals surface area contributed by atoms with Crippen LogP contribution in [-0.2, 0) is 43.2 Å². The maximum atomic E-state index is 13.9. The van der Waals surface area contributed by atoms with Crippen LogP contribution in [0.15, 0.2) is 94.3 Å². The van der Waals surface area contributed by atoms with Gasteiger partial charge in [0.1, 0.15) is 40.9 Å². The van der Waals surface area contributed by atoms with Gasteiger partial charge in [-0.3, -0.25) is 44.3 Å². The number of hydrogen-bond donors (Lipinski definition) is 3. The molecule has 4 aliphatic heterocycles. The zero-order chi connectivity index (χ0) is 53.8. The van der Waals surface area contributed by atoms with Crippen molar-refractivity contribution in [1.82, 2.24) is 50.4 Å². The molecule has 3 N–H and O–H groups in total. The van der Waals surface area contributed by atoms with Crippen LogP contribution in [0.4, 0.5) is 19.2 Å². The molecule has 0 radical (unpaired) electrons. The molecule has 2 atom stereocenters. The maximum Gasteiger partial charge on any atom is 0.410 e. The number of pyridine rings is 2. The van der Waals surface area contributed by atoms with Crippen molar-refractivity contribution in [3.63, 3.8) is 0 Å². The van der Waals surface area contributed by atoms with Gasteiger partial charge in [0.2, 0.25) is 0 Å². The molecule has 0 spiro atoms. The van der Waals surface area contributed by atoms with Gasteiger partial charge >= 0.3 is 24.2 Å². The van der Waals surface area contributed by atoms with Crippen LogP contribution in [0, 0.1) is 0 Å². The van der Waals surface area contributed by atoms with Gasteiger partial charge in [-0.05, 0) is 73.5 Å². The van der Waals surface area contributed by atoms with E-state index in [1.165, 1.54) is 36.0 Å². The molecule has 8 heterocycles. The van der Waals surface area contributed by atoms with Crippen molar-refractivity contribution in [3.05, 3.63) is 119 Å². The molecule has 6 aromatic rings. The number of ether oxygens (including phenoxy) is 4. The van der Waals surface area contributed by atoms with Crippen LogP contribution < -0.4 is 25.4 Å². The number of carbonyl (C=O) groups is 8. The lowest BCUT2D eigenvalue weighted by atomic mass is 9.95. The summed E-state index contributed by atoms with van der Waals surface area (Å²) in [7, 11) is 6.03. The standard InChI is InChI=1S/C25H25N5O7.C20H16N4O5.C5H10ClNO2/c1-4-36-24(34)28(2)14-30-22(32)25(27-23(30)33,20-9-16-11-26-8-7-19(16)37-20)13-29-12-15-5-6-17(35-3)10-18(15)21(29)31;1-28-13-3-2-11-9-24(17(25)14(11)7-13)10-20(18(26)22-19(27)23-20)16-6-12-8-21-5-4-15(12)29-16;1-3-9-5(8)7(2)4-6/h5-11H,4,12-14H2,1-3H3,(H,27,33);2-8H,9-10H2,1H3,(H2,22,23,26,27);3-4H2,1-2H3/t25-;20-;/m00./s1. The first kappa shape index (κ1) is 52.4. The van der Waals surface area contributed by atoms with Gasteiger partial charge in [0.25, 0.3) is 23.6 Å². The third-order valence-corrected chi connectivity index (χ3v) is 12.9. The van der Waals surface area contributed by atoms with Gasteiger partial charge in [0.15, 0.2) is 11.1 Å². The van der Waals surface area contributed by atoms with Crippen molar-refractivity contribution in [1.29, 1.82) is 0 Å². The molecule has 10 amide bonds. The monoisotopic (exact) mass is 1050 g/mol. The number of nitrogens with zero attached hydrogens (tertiary/aromatic N) is 7. The van der Waals surface area contributed by atoms with E-state index in [0.29, 0.717) is 57.7 Å². The molecule has 2 aromatic carbocycles. The number of amides is 10. The number of halogens is 1. The van der Waals surface area contributed by atoms with Gasteiger partial charge in [-0.1, -0.05) is 12.1 Å². The highest BCUT2D eigenvalue weighted by Crippen LogP contribution is 2.38. The van der Waals surface area contributed by atoms with Crippen LogP contribution in [0.5, 0.6) is 11.5 Å². The van der Waals surface area contributed by atoms with Gasteiger partial charge in [0.05, 0.1) is 46.5 Å². The zero-order valence-corrected chi connectivity index (χ0v) is 42.2. The minimum absolute atomic E-state index is 0.0757. The van der Waals surface area contributed by atoms with Crippen LogP contribution in [0.3, 0.4) is 0 Å². The van der Waals surface area contributed by atoms with Gasteiger partial charge in [-0.2, -0.15) is 0 Å². The summed E-state index contributed by atoms with van der Waals surface area (Å²) in [5, 5.41) is 8.98. The maximum absolute atomic E-state index is 13.9. The second-order valence-corrected chi connectivity index (χ2v) is 17.6. The Kier molecular flexibility index (Phi) is 15.1. The third-order valence-electron chi connectivity index (χ3n) is 12.5. The molecular formula is C50H51ClN10O14. The molecule has 392 valence electrons. The molecule has 10 rings (SSSR count). The minimum Gasteiger partial charge on any atom is -0.497 e. The smallest absolute Gasteiger partial charge is 0.410 e. The topological polar surface area (TPSA) is 278 Å². The van der Waals surface area contributed by atoms with Crippen LogP contribution in [0.25, 0.3) is 21.9 Å². The van der Waals surface area contributed by atoms with Crippen molar-refractivity contribution < 1.29 is 66.1 Å². The third kappa shape index (κ3) is 10.2. The Labute approximate surface area is 432 Å². The number of furan rings is 2. The number of alkyl halides is 1. The molecular weight excluding hydrogens is 1000 g/mol. The predicted molar refractivity (Wildman–Crippen MR) is 264 cm³/mol.